The van der Waals surface area contributed by atoms with Crippen LogP contribution in [-0.4, -0.2) is 56.0 Å². The molecule has 0 saturated carbocycles. The number of amides is 1. The lowest BCUT2D eigenvalue weighted by Gasteiger charge is -2.23. The Morgan fingerprint density at radius 3 is 2.50 bits per heavy atom. The van der Waals surface area contributed by atoms with Crippen LogP contribution < -0.4 is 15.0 Å². The van der Waals surface area contributed by atoms with Gasteiger partial charge in [0, 0.05) is 12.1 Å². The van der Waals surface area contributed by atoms with Gasteiger partial charge in [0.25, 0.3) is 0 Å². The van der Waals surface area contributed by atoms with Crippen molar-refractivity contribution in [3.63, 3.8) is 0 Å². The van der Waals surface area contributed by atoms with E-state index in [4.69, 9.17) is 0 Å². The molecule has 1 amide bonds. The predicted octanol–water partition coefficient (Wildman–Crippen LogP) is 5.81. The lowest BCUT2D eigenvalue weighted by molar-refractivity contribution is -0.274. The summed E-state index contributed by atoms with van der Waals surface area (Å²) in [6, 6.07) is 18.9. The van der Waals surface area contributed by atoms with Gasteiger partial charge in [-0.15, -0.1) is 18.3 Å². The summed E-state index contributed by atoms with van der Waals surface area (Å²) in [5, 5.41) is 18.5. The van der Waals surface area contributed by atoms with E-state index in [1.165, 1.54) is 47.0 Å². The van der Waals surface area contributed by atoms with Gasteiger partial charge in [0.05, 0.1) is 17.1 Å². The Labute approximate surface area is 256 Å². The first-order valence-electron chi connectivity index (χ1n) is 13.9. The smallest absolute Gasteiger partial charge is 0.406 e. The summed E-state index contributed by atoms with van der Waals surface area (Å²) in [6.45, 7) is 6.62. The first-order valence-corrected chi connectivity index (χ1v) is 14.9. The van der Waals surface area contributed by atoms with Gasteiger partial charge >= 0.3 is 6.36 Å². The van der Waals surface area contributed by atoms with Crippen molar-refractivity contribution >= 4 is 28.5 Å². The van der Waals surface area contributed by atoms with Crippen molar-refractivity contribution < 1.29 is 27.8 Å². The molecule has 3 aromatic carbocycles. The van der Waals surface area contributed by atoms with Crippen molar-refractivity contribution in [3.8, 4) is 22.8 Å². The highest BCUT2D eigenvalue weighted by atomic mass is 32.2. The summed E-state index contributed by atoms with van der Waals surface area (Å²) in [4.78, 5) is 23.1. The fraction of sp³-hybridized carbons (Fsp3) is 0.290. The van der Waals surface area contributed by atoms with E-state index in [0.29, 0.717) is 29.6 Å². The van der Waals surface area contributed by atoms with Gasteiger partial charge in [-0.1, -0.05) is 67.6 Å². The number of anilines is 1. The van der Waals surface area contributed by atoms with Crippen LogP contribution in [0.15, 0.2) is 78.0 Å². The Kier molecular flexibility index (Phi) is 9.37. The molecule has 4 aromatic rings. The zero-order chi connectivity index (χ0) is 31.4. The molecular formula is C31H31F3N6O3S. The molecule has 1 unspecified atom stereocenters. The maximum absolute atomic E-state index is 12.8. The number of aliphatic hydroxyl groups is 1. The monoisotopic (exact) mass is 624 g/mol. The number of aromatic nitrogens is 3. The average molecular weight is 625 g/mol. The first-order chi connectivity index (χ1) is 21.0. The Morgan fingerprint density at radius 2 is 1.82 bits per heavy atom. The molecule has 0 radical (unpaired) electrons. The number of hydrogen-bond acceptors (Lipinski definition) is 8. The Bertz CT molecular complexity index is 1640. The normalized spacial score (nSPS) is 15.4. The van der Waals surface area contributed by atoms with Crippen LogP contribution in [0.3, 0.4) is 0 Å². The second kappa shape index (κ2) is 13.2. The molecule has 1 aliphatic heterocycles. The number of benzene rings is 3. The highest BCUT2D eigenvalue weighted by molar-refractivity contribution is 8.15. The molecular weight excluding hydrogens is 593 g/mol. The molecule has 9 nitrogen and oxygen atoms in total. The summed E-state index contributed by atoms with van der Waals surface area (Å²) in [6.07, 6.45) is -3.84. The van der Waals surface area contributed by atoms with Gasteiger partial charge in [-0.25, -0.2) is 14.7 Å². The highest BCUT2D eigenvalue weighted by Gasteiger charge is 2.32. The molecule has 1 aliphatic rings. The molecule has 1 fully saturated rings. The van der Waals surface area contributed by atoms with Crippen molar-refractivity contribution in [2.75, 3.05) is 17.2 Å². The number of alkyl halides is 3. The van der Waals surface area contributed by atoms with Crippen molar-refractivity contribution in [2.45, 2.75) is 45.8 Å². The lowest BCUT2D eigenvalue weighted by atomic mass is 9.98. The number of ether oxygens (including phenoxy) is 1. The average Bonchev–Trinajstić information content (AvgIpc) is 3.60. The number of thioether (sulfide) groups is 1. The van der Waals surface area contributed by atoms with Crippen LogP contribution >= 0.6 is 11.8 Å². The van der Waals surface area contributed by atoms with Gasteiger partial charge in [0.1, 0.15) is 12.1 Å². The number of nitrogens with one attached hydrogen (secondary N) is 1. The van der Waals surface area contributed by atoms with Crippen LogP contribution in [-0.2, 0) is 11.2 Å². The molecule has 2 N–H and O–H groups in total. The third-order valence-corrected chi connectivity index (χ3v) is 7.76. The minimum absolute atomic E-state index is 0.0699. The number of carbonyl (C=O) groups excluding carboxylic acids is 1. The summed E-state index contributed by atoms with van der Waals surface area (Å²) >= 11 is 1.30. The topological polar surface area (TPSA) is 105 Å². The molecule has 1 aromatic heterocycles. The van der Waals surface area contributed by atoms with E-state index in [-0.39, 0.29) is 23.3 Å². The van der Waals surface area contributed by atoms with Crippen molar-refractivity contribution in [1.29, 1.82) is 0 Å². The summed E-state index contributed by atoms with van der Waals surface area (Å²) < 4.78 is 42.6. The van der Waals surface area contributed by atoms with Crippen molar-refractivity contribution in [2.24, 2.45) is 4.99 Å². The van der Waals surface area contributed by atoms with E-state index in [0.717, 1.165) is 27.9 Å². The third kappa shape index (κ3) is 7.65. The number of hydrogen-bond donors (Lipinski definition) is 2. The molecule has 1 atom stereocenters. The van der Waals surface area contributed by atoms with E-state index in [9.17, 15) is 23.1 Å². The minimum Gasteiger partial charge on any atom is -0.406 e. The number of aliphatic imine (C=N–C) groups is 1. The molecule has 230 valence electrons. The molecule has 0 aliphatic carbocycles. The largest absolute Gasteiger partial charge is 0.573 e. The van der Waals surface area contributed by atoms with Crippen molar-refractivity contribution in [3.05, 3.63) is 89.7 Å². The summed E-state index contributed by atoms with van der Waals surface area (Å²) in [5.41, 5.74) is 5.26. The van der Waals surface area contributed by atoms with E-state index >= 15 is 0 Å². The first kappa shape index (κ1) is 31.2. The maximum atomic E-state index is 12.8. The van der Waals surface area contributed by atoms with Crippen LogP contribution in [0.5, 0.6) is 5.75 Å². The molecule has 13 heteroatoms. The van der Waals surface area contributed by atoms with E-state index < -0.39 is 12.7 Å². The standard InChI is InChI=1S/C31H31F3N6O3S/c1-19(2)25-16-20(3)4-13-26(25)40-27(41)17-44-30(40)37-29(42)35-15-14-21-5-7-22(8-6-21)28-36-18-39(38-28)23-9-11-24(12-10-23)43-31(32,33)34/h4-13,16,18-19,29,35,42H,14-15,17H2,1-3H3/b37-30-. The molecule has 5 rings (SSSR count). The lowest BCUT2D eigenvalue weighted by Crippen LogP contribution is -2.35. The van der Waals surface area contributed by atoms with Crippen LogP contribution in [0.25, 0.3) is 17.1 Å². The SMILES string of the molecule is Cc1ccc(N2C(=O)CS/C2=N\C(O)NCCc2ccc(-c3ncn(-c4ccc(OC(F)(F)F)cc4)n3)cc2)c(C(C)C)c1. The van der Waals surface area contributed by atoms with Gasteiger partial charge in [-0.3, -0.25) is 15.0 Å². The van der Waals surface area contributed by atoms with Crippen LogP contribution in [0.4, 0.5) is 18.9 Å². The van der Waals surface area contributed by atoms with Gasteiger partial charge < -0.3 is 9.84 Å². The third-order valence-electron chi connectivity index (χ3n) is 6.82. The quantitative estimate of drug-likeness (QED) is 0.215. The molecule has 0 bridgehead atoms. The Morgan fingerprint density at radius 1 is 1.09 bits per heavy atom. The van der Waals surface area contributed by atoms with Gasteiger partial charge in [0.2, 0.25) is 12.3 Å². The van der Waals surface area contributed by atoms with Crippen molar-refractivity contribution in [1.82, 2.24) is 20.1 Å². The van der Waals surface area contributed by atoms with Gasteiger partial charge in [0.15, 0.2) is 11.0 Å². The fourth-order valence-corrected chi connectivity index (χ4v) is 5.56. The van der Waals surface area contributed by atoms with E-state index in [2.05, 4.69) is 45.0 Å². The van der Waals surface area contributed by atoms with Gasteiger partial charge in [-0.05, 0) is 60.7 Å². The highest BCUT2D eigenvalue weighted by Crippen LogP contribution is 2.34. The second-order valence-electron chi connectivity index (χ2n) is 10.5. The Hall–Kier alpha value is -4.20. The molecule has 0 spiro atoms. The van der Waals surface area contributed by atoms with Crippen LogP contribution in [0.2, 0.25) is 0 Å². The maximum Gasteiger partial charge on any atom is 0.573 e. The zero-order valence-corrected chi connectivity index (χ0v) is 25.1. The molecule has 2 heterocycles. The number of halogens is 3. The minimum atomic E-state index is -4.75. The van der Waals surface area contributed by atoms with Gasteiger partial charge in [-0.2, -0.15) is 0 Å². The van der Waals surface area contributed by atoms with Crippen LogP contribution in [0.1, 0.15) is 36.5 Å². The molecule has 1 saturated heterocycles. The predicted molar refractivity (Wildman–Crippen MR) is 164 cm³/mol. The summed E-state index contributed by atoms with van der Waals surface area (Å²) in [5.74, 6) is 0.551. The number of aryl methyl sites for hydroxylation is 1. The fourth-order valence-electron chi connectivity index (χ4n) is 4.67. The number of amidine groups is 1. The Balaban J connectivity index is 1.17. The number of aliphatic hydroxyl groups excluding tert-OH is 1. The van der Waals surface area contributed by atoms with Crippen LogP contribution in [0, 0.1) is 6.92 Å². The van der Waals surface area contributed by atoms with E-state index in [1.54, 1.807) is 4.90 Å². The van der Waals surface area contributed by atoms with E-state index in [1.807, 2.05) is 43.3 Å². The zero-order valence-electron chi connectivity index (χ0n) is 24.2. The number of rotatable bonds is 10. The number of nitrogens with zero attached hydrogens (tertiary/aromatic N) is 5. The number of carbonyl (C=O) groups is 1. The molecule has 44 heavy (non-hydrogen) atoms. The summed E-state index contributed by atoms with van der Waals surface area (Å²) in [7, 11) is 0. The second-order valence-corrected chi connectivity index (χ2v) is 11.4.